The van der Waals surface area contributed by atoms with E-state index in [0.717, 1.165) is 0 Å². The van der Waals surface area contributed by atoms with Crippen LogP contribution in [0.25, 0.3) is 16.3 Å². The number of rotatable bonds is 1. The second-order valence-electron chi connectivity index (χ2n) is 4.46. The van der Waals surface area contributed by atoms with Crippen LogP contribution in [0.2, 0.25) is 0 Å². The summed E-state index contributed by atoms with van der Waals surface area (Å²) in [6, 6.07) is 12.9. The maximum absolute atomic E-state index is 3.17. The third-order valence-corrected chi connectivity index (χ3v) is 3.27. The molecule has 0 fully saturated rings. The van der Waals surface area contributed by atoms with Crippen molar-refractivity contribution in [3.8, 4) is 0 Å². The molecule has 0 unspecified atom stereocenters. The average molecular weight is 230 g/mol. The number of fused-ring (bicyclic) bond motifs is 1. The molecular weight excluding hydrogens is 216 g/mol. The molecule has 0 heteroatoms. The second kappa shape index (κ2) is 4.52. The maximum Gasteiger partial charge on any atom is -0.00990 e. The molecule has 18 heavy (non-hydrogen) atoms. The van der Waals surface area contributed by atoms with E-state index in [1.165, 1.54) is 27.5 Å². The zero-order chi connectivity index (χ0) is 12.4. The van der Waals surface area contributed by atoms with Crippen LogP contribution in [0.1, 0.15) is 11.1 Å². The minimum absolute atomic E-state index is 1.20. The normalized spacial score (nSPS) is 13.7. The summed E-state index contributed by atoms with van der Waals surface area (Å²) < 4.78 is 0. The summed E-state index contributed by atoms with van der Waals surface area (Å²) in [5.41, 5.74) is 6.96. The van der Waals surface area contributed by atoms with Crippen LogP contribution in [0.15, 0.2) is 72.5 Å². The Balaban J connectivity index is 2.31. The van der Waals surface area contributed by atoms with E-state index < -0.39 is 0 Å². The largest absolute Gasteiger partial charge is 0.120 e. The molecule has 1 aliphatic carbocycles. The van der Waals surface area contributed by atoms with Gasteiger partial charge in [0.2, 0.25) is 0 Å². The van der Waals surface area contributed by atoms with Gasteiger partial charge in [0.25, 0.3) is 0 Å². The molecule has 3 rings (SSSR count). The minimum atomic E-state index is 1.20. The number of hydrogen-bond acceptors (Lipinski definition) is 0. The molecule has 0 saturated heterocycles. The Morgan fingerprint density at radius 1 is 0.889 bits per heavy atom. The lowest BCUT2D eigenvalue weighted by atomic mass is 9.95. The highest BCUT2D eigenvalue weighted by molar-refractivity contribution is 5.97. The molecule has 2 aromatic rings. The fourth-order valence-electron chi connectivity index (χ4n) is 2.33. The average Bonchev–Trinajstić information content (AvgIpc) is 2.68. The van der Waals surface area contributed by atoms with Gasteiger partial charge in [-0.2, -0.15) is 0 Å². The van der Waals surface area contributed by atoms with Crippen LogP contribution in [-0.4, -0.2) is 0 Å². The number of allylic oxidation sites excluding steroid dienone is 5. The molecule has 0 radical (unpaired) electrons. The second-order valence-corrected chi connectivity index (χ2v) is 4.46. The molecule has 0 spiro atoms. The third-order valence-electron chi connectivity index (χ3n) is 3.27. The van der Waals surface area contributed by atoms with Gasteiger partial charge in [-0.25, -0.2) is 0 Å². The summed E-state index contributed by atoms with van der Waals surface area (Å²) in [6.45, 7) is 2.16. The predicted octanol–water partition coefficient (Wildman–Crippen LogP) is 4.81. The number of aryl methyl sites for hydroxylation is 1. The zero-order valence-electron chi connectivity index (χ0n) is 10.4. The smallest absolute Gasteiger partial charge is 0.00990 e. The van der Waals surface area contributed by atoms with E-state index in [4.69, 9.17) is 0 Å². The van der Waals surface area contributed by atoms with Crippen LogP contribution in [0.3, 0.4) is 0 Å². The maximum atomic E-state index is 3.17. The first kappa shape index (κ1) is 10.8. The molecule has 0 aromatic heterocycles. The van der Waals surface area contributed by atoms with Crippen molar-refractivity contribution >= 4 is 16.3 Å². The van der Waals surface area contributed by atoms with Crippen molar-refractivity contribution in [1.82, 2.24) is 0 Å². The Morgan fingerprint density at radius 3 is 2.61 bits per heavy atom. The van der Waals surface area contributed by atoms with Gasteiger partial charge in [0, 0.05) is 0 Å². The van der Waals surface area contributed by atoms with E-state index >= 15 is 0 Å². The van der Waals surface area contributed by atoms with E-state index in [1.807, 2.05) is 18.2 Å². The van der Waals surface area contributed by atoms with Crippen LogP contribution in [0.5, 0.6) is 0 Å². The summed E-state index contributed by atoms with van der Waals surface area (Å²) in [5, 5.41) is 2.62. The van der Waals surface area contributed by atoms with Crippen LogP contribution in [0, 0.1) is 6.92 Å². The van der Waals surface area contributed by atoms with Gasteiger partial charge in [-0.05, 0) is 46.5 Å². The van der Waals surface area contributed by atoms with Gasteiger partial charge in [0.15, 0.2) is 0 Å². The molecule has 0 atom stereocenters. The number of hydrogen-bond donors (Lipinski definition) is 0. The summed E-state index contributed by atoms with van der Waals surface area (Å²) in [7, 11) is 0. The van der Waals surface area contributed by atoms with Gasteiger partial charge in [-0.15, -0.1) is 5.73 Å². The molecule has 0 heterocycles. The molecule has 2 aromatic carbocycles. The molecule has 0 amide bonds. The van der Waals surface area contributed by atoms with Crippen molar-refractivity contribution in [2.75, 3.05) is 0 Å². The monoisotopic (exact) mass is 230 g/mol. The van der Waals surface area contributed by atoms with Gasteiger partial charge < -0.3 is 0 Å². The van der Waals surface area contributed by atoms with E-state index in [-0.39, 0.29) is 0 Å². The first-order valence-electron chi connectivity index (χ1n) is 6.14. The first-order valence-corrected chi connectivity index (χ1v) is 6.14. The van der Waals surface area contributed by atoms with Crippen LogP contribution in [-0.2, 0) is 0 Å². The number of benzene rings is 2. The van der Waals surface area contributed by atoms with Crippen molar-refractivity contribution in [2.24, 2.45) is 0 Å². The van der Waals surface area contributed by atoms with E-state index in [1.54, 1.807) is 0 Å². The molecule has 0 saturated carbocycles. The highest BCUT2D eigenvalue weighted by atomic mass is 14.1. The fraction of sp³-hybridized carbons (Fsp3) is 0.0556. The van der Waals surface area contributed by atoms with Gasteiger partial charge in [0.1, 0.15) is 0 Å². The van der Waals surface area contributed by atoms with Gasteiger partial charge in [-0.1, -0.05) is 54.6 Å². The molecule has 86 valence electrons. The van der Waals surface area contributed by atoms with Crippen molar-refractivity contribution < 1.29 is 0 Å². The molecule has 0 nitrogen and oxygen atoms in total. The van der Waals surface area contributed by atoms with Gasteiger partial charge in [0.05, 0.1) is 0 Å². The molecule has 0 aliphatic heterocycles. The van der Waals surface area contributed by atoms with E-state index in [2.05, 4.69) is 61.2 Å². The molecule has 1 aliphatic rings. The van der Waals surface area contributed by atoms with Crippen LogP contribution >= 0.6 is 0 Å². The van der Waals surface area contributed by atoms with E-state index in [0.29, 0.717) is 0 Å². The Hall–Kier alpha value is -2.30. The fourth-order valence-corrected chi connectivity index (χ4v) is 2.33. The van der Waals surface area contributed by atoms with Crippen LogP contribution in [0.4, 0.5) is 0 Å². The van der Waals surface area contributed by atoms with Crippen molar-refractivity contribution in [2.45, 2.75) is 6.92 Å². The van der Waals surface area contributed by atoms with Crippen molar-refractivity contribution in [1.29, 1.82) is 0 Å². The third kappa shape index (κ3) is 1.84. The Kier molecular flexibility index (Phi) is 2.72. The zero-order valence-corrected chi connectivity index (χ0v) is 10.4. The van der Waals surface area contributed by atoms with E-state index in [9.17, 15) is 0 Å². The summed E-state index contributed by atoms with van der Waals surface area (Å²) in [4.78, 5) is 0. The van der Waals surface area contributed by atoms with Gasteiger partial charge >= 0.3 is 0 Å². The lowest BCUT2D eigenvalue weighted by molar-refractivity contribution is 1.51. The SMILES string of the molecule is Cc1ccc(C2=CC=CC=C=C2)c2ccccc12. The first-order chi connectivity index (χ1) is 8.86. The standard InChI is InChI=1S/C18H14/c1-14-12-13-17(15-8-4-2-3-5-9-15)18-11-7-6-10-16(14)18/h2-4,6-13H,1H3. The highest BCUT2D eigenvalue weighted by Crippen LogP contribution is 2.28. The Morgan fingerprint density at radius 2 is 1.72 bits per heavy atom. The molecular formula is C18H14. The lowest BCUT2D eigenvalue weighted by Crippen LogP contribution is -1.86. The summed E-state index contributed by atoms with van der Waals surface area (Å²) >= 11 is 0. The minimum Gasteiger partial charge on any atom is -0.120 e. The Bertz CT molecular complexity index is 721. The van der Waals surface area contributed by atoms with Crippen molar-refractivity contribution in [3.63, 3.8) is 0 Å². The van der Waals surface area contributed by atoms with Crippen molar-refractivity contribution in [3.05, 3.63) is 83.6 Å². The molecule has 0 N–H and O–H groups in total. The van der Waals surface area contributed by atoms with Crippen LogP contribution < -0.4 is 0 Å². The highest BCUT2D eigenvalue weighted by Gasteiger charge is 2.05. The lowest BCUT2D eigenvalue weighted by Gasteiger charge is -2.09. The quantitative estimate of drug-likeness (QED) is 0.616. The summed E-state index contributed by atoms with van der Waals surface area (Å²) in [6.07, 6.45) is 10.2. The topological polar surface area (TPSA) is 0 Å². The van der Waals surface area contributed by atoms with Gasteiger partial charge in [-0.3, -0.25) is 0 Å². The predicted molar refractivity (Wildman–Crippen MR) is 78.5 cm³/mol. The summed E-state index contributed by atoms with van der Waals surface area (Å²) in [5.74, 6) is 0. The molecule has 0 bridgehead atoms. The Labute approximate surface area is 107 Å².